The molecule has 0 bridgehead atoms. The number of aryl methyl sites for hydroxylation is 2. The molecule has 0 spiro atoms. The molecule has 0 fully saturated rings. The summed E-state index contributed by atoms with van der Waals surface area (Å²) in [6, 6.07) is 12.3. The van der Waals surface area contributed by atoms with Crippen molar-refractivity contribution < 1.29 is 4.79 Å². The van der Waals surface area contributed by atoms with E-state index in [9.17, 15) is 4.79 Å². The van der Waals surface area contributed by atoms with Crippen molar-refractivity contribution in [2.75, 3.05) is 5.32 Å². The fourth-order valence-corrected chi connectivity index (χ4v) is 4.01. The van der Waals surface area contributed by atoms with Crippen LogP contribution >= 0.6 is 0 Å². The van der Waals surface area contributed by atoms with Crippen molar-refractivity contribution in [1.82, 2.24) is 9.38 Å². The predicted octanol–water partition coefficient (Wildman–Crippen LogP) is 4.68. The number of pyridine rings is 1. The number of hydrogen-bond donors (Lipinski definition) is 1. The first-order valence-electron chi connectivity index (χ1n) is 9.70. The molecule has 0 aliphatic heterocycles. The summed E-state index contributed by atoms with van der Waals surface area (Å²) in [5.41, 5.74) is 6.59. The van der Waals surface area contributed by atoms with Gasteiger partial charge in [-0.25, -0.2) is 4.98 Å². The average molecular weight is 361 g/mol. The van der Waals surface area contributed by atoms with Gasteiger partial charge < -0.3 is 9.72 Å². The van der Waals surface area contributed by atoms with Crippen LogP contribution in [0, 0.1) is 12.8 Å². The van der Waals surface area contributed by atoms with E-state index in [1.807, 2.05) is 18.2 Å². The largest absolute Gasteiger partial charge is 0.326 e. The molecule has 140 valence electrons. The van der Waals surface area contributed by atoms with E-state index in [-0.39, 0.29) is 17.2 Å². The number of amides is 1. The summed E-state index contributed by atoms with van der Waals surface area (Å²) < 4.78 is 2.14. The molecule has 4 nitrogen and oxygen atoms in total. The molecular formula is C23H27N3O. The van der Waals surface area contributed by atoms with E-state index in [1.54, 1.807) is 0 Å². The zero-order valence-electron chi connectivity index (χ0n) is 16.5. The zero-order chi connectivity index (χ0) is 19.2. The third-order valence-electron chi connectivity index (χ3n) is 5.50. The maximum Gasteiger partial charge on any atom is 0.227 e. The first kappa shape index (κ1) is 17.8. The van der Waals surface area contributed by atoms with Gasteiger partial charge in [0.25, 0.3) is 0 Å². The van der Waals surface area contributed by atoms with Gasteiger partial charge in [0.15, 0.2) is 0 Å². The molecule has 1 aliphatic rings. The molecule has 1 amide bonds. The summed E-state index contributed by atoms with van der Waals surface area (Å²) in [7, 11) is 0. The number of imidazole rings is 1. The number of fused-ring (bicyclic) bond motifs is 3. The number of nitrogens with zero attached hydrogens (tertiary/aromatic N) is 2. The Morgan fingerprint density at radius 2 is 2.00 bits per heavy atom. The number of nitrogens with one attached hydrogen (secondary N) is 1. The van der Waals surface area contributed by atoms with Crippen molar-refractivity contribution in [1.29, 1.82) is 0 Å². The smallest absolute Gasteiger partial charge is 0.227 e. The maximum atomic E-state index is 13.0. The van der Waals surface area contributed by atoms with Crippen LogP contribution in [0.2, 0.25) is 0 Å². The van der Waals surface area contributed by atoms with Gasteiger partial charge in [-0.15, -0.1) is 0 Å². The van der Waals surface area contributed by atoms with Gasteiger partial charge in [0.1, 0.15) is 5.65 Å². The van der Waals surface area contributed by atoms with Crippen LogP contribution in [0.4, 0.5) is 5.69 Å². The number of benzene rings is 1. The molecule has 1 aliphatic carbocycles. The van der Waals surface area contributed by atoms with Gasteiger partial charge in [-0.3, -0.25) is 4.79 Å². The lowest BCUT2D eigenvalue weighted by Crippen LogP contribution is -2.29. The monoisotopic (exact) mass is 361 g/mol. The molecule has 1 atom stereocenters. The first-order chi connectivity index (χ1) is 12.8. The normalized spacial score (nSPS) is 17.0. The van der Waals surface area contributed by atoms with Gasteiger partial charge in [-0.2, -0.15) is 0 Å². The van der Waals surface area contributed by atoms with Crippen molar-refractivity contribution in [3.8, 4) is 0 Å². The Balaban J connectivity index is 1.58. The van der Waals surface area contributed by atoms with Crippen LogP contribution in [-0.2, 0) is 23.1 Å². The summed E-state index contributed by atoms with van der Waals surface area (Å²) in [5, 5.41) is 3.20. The molecule has 0 saturated carbocycles. The van der Waals surface area contributed by atoms with Crippen molar-refractivity contribution in [3.63, 3.8) is 0 Å². The van der Waals surface area contributed by atoms with Crippen LogP contribution in [0.5, 0.6) is 0 Å². The van der Waals surface area contributed by atoms with Crippen LogP contribution in [-0.4, -0.2) is 15.3 Å². The van der Waals surface area contributed by atoms with Crippen LogP contribution in [0.25, 0.3) is 5.65 Å². The first-order valence-corrected chi connectivity index (χ1v) is 9.70. The number of rotatable bonds is 2. The van der Waals surface area contributed by atoms with Crippen LogP contribution in [0.15, 0.2) is 42.6 Å². The highest BCUT2D eigenvalue weighted by Gasteiger charge is 2.29. The zero-order valence-corrected chi connectivity index (χ0v) is 16.5. The summed E-state index contributed by atoms with van der Waals surface area (Å²) in [4.78, 5) is 17.8. The van der Waals surface area contributed by atoms with E-state index in [0.29, 0.717) is 0 Å². The summed E-state index contributed by atoms with van der Waals surface area (Å²) >= 11 is 0. The van der Waals surface area contributed by atoms with Gasteiger partial charge >= 0.3 is 0 Å². The molecule has 4 rings (SSSR count). The number of hydrogen-bond acceptors (Lipinski definition) is 2. The van der Waals surface area contributed by atoms with E-state index in [2.05, 4.69) is 61.8 Å². The Morgan fingerprint density at radius 1 is 1.22 bits per heavy atom. The molecule has 1 unspecified atom stereocenters. The van der Waals surface area contributed by atoms with Gasteiger partial charge in [0, 0.05) is 29.9 Å². The third kappa shape index (κ3) is 3.36. The summed E-state index contributed by atoms with van der Waals surface area (Å²) in [5.74, 6) is 0.0890. The summed E-state index contributed by atoms with van der Waals surface area (Å²) in [6.45, 7) is 8.60. The van der Waals surface area contributed by atoms with E-state index in [0.717, 1.165) is 36.3 Å². The SMILES string of the molecule is Cc1ccn2c3c(nc2c1)CCC(C(=O)Nc1ccccc1C(C)(C)C)C3. The second-order valence-corrected chi connectivity index (χ2v) is 8.66. The highest BCUT2D eigenvalue weighted by molar-refractivity contribution is 5.93. The highest BCUT2D eigenvalue weighted by Crippen LogP contribution is 2.31. The standard InChI is InChI=1S/C23H27N3O/c1-15-11-12-26-20-14-16(9-10-19(20)24-21(26)13-15)22(27)25-18-8-6-5-7-17(18)23(2,3)4/h5-8,11-13,16H,9-10,14H2,1-4H3,(H,25,27). The van der Waals surface area contributed by atoms with Crippen LogP contribution < -0.4 is 5.32 Å². The molecule has 4 heteroatoms. The van der Waals surface area contributed by atoms with E-state index < -0.39 is 0 Å². The minimum atomic E-state index is -0.0215. The average Bonchev–Trinajstić information content (AvgIpc) is 2.97. The molecule has 1 aromatic carbocycles. The molecule has 0 saturated heterocycles. The van der Waals surface area contributed by atoms with E-state index >= 15 is 0 Å². The maximum absolute atomic E-state index is 13.0. The fourth-order valence-electron chi connectivity index (χ4n) is 4.01. The summed E-state index contributed by atoms with van der Waals surface area (Å²) in [6.07, 6.45) is 4.52. The van der Waals surface area contributed by atoms with Crippen LogP contribution in [0.1, 0.15) is 49.7 Å². The minimum Gasteiger partial charge on any atom is -0.326 e. The Kier molecular flexibility index (Phi) is 4.29. The van der Waals surface area contributed by atoms with Crippen LogP contribution in [0.3, 0.4) is 0 Å². The third-order valence-corrected chi connectivity index (χ3v) is 5.50. The molecule has 2 heterocycles. The fraction of sp³-hybridized carbons (Fsp3) is 0.391. The lowest BCUT2D eigenvalue weighted by Gasteiger charge is -2.25. The molecule has 3 aromatic rings. The topological polar surface area (TPSA) is 46.4 Å². The number of aromatic nitrogens is 2. The Labute approximate surface area is 160 Å². The predicted molar refractivity (Wildman–Crippen MR) is 109 cm³/mol. The lowest BCUT2D eigenvalue weighted by molar-refractivity contribution is -0.120. The van der Waals surface area contributed by atoms with Gasteiger partial charge in [-0.1, -0.05) is 39.0 Å². The van der Waals surface area contributed by atoms with Gasteiger partial charge in [0.2, 0.25) is 5.91 Å². The van der Waals surface area contributed by atoms with E-state index in [4.69, 9.17) is 4.98 Å². The Morgan fingerprint density at radius 3 is 2.78 bits per heavy atom. The Bertz CT molecular complexity index is 1010. The number of carbonyl (C=O) groups excluding carboxylic acids is 1. The van der Waals surface area contributed by atoms with Crippen molar-refractivity contribution in [2.24, 2.45) is 5.92 Å². The van der Waals surface area contributed by atoms with Crippen molar-refractivity contribution in [2.45, 2.75) is 52.4 Å². The van der Waals surface area contributed by atoms with Crippen molar-refractivity contribution in [3.05, 3.63) is 65.1 Å². The molecule has 0 radical (unpaired) electrons. The quantitative estimate of drug-likeness (QED) is 0.720. The molecular weight excluding hydrogens is 334 g/mol. The molecule has 1 N–H and O–H groups in total. The van der Waals surface area contributed by atoms with Gasteiger partial charge in [-0.05, 0) is 54.5 Å². The molecule has 2 aromatic heterocycles. The molecule has 27 heavy (non-hydrogen) atoms. The number of anilines is 1. The minimum absolute atomic E-state index is 0.0108. The van der Waals surface area contributed by atoms with E-state index in [1.165, 1.54) is 16.8 Å². The second kappa shape index (κ2) is 6.52. The highest BCUT2D eigenvalue weighted by atomic mass is 16.1. The Hall–Kier alpha value is -2.62. The van der Waals surface area contributed by atoms with Gasteiger partial charge in [0.05, 0.1) is 5.69 Å². The van der Waals surface area contributed by atoms with Crippen molar-refractivity contribution >= 4 is 17.2 Å². The number of carbonyl (C=O) groups is 1. The lowest BCUT2D eigenvalue weighted by atomic mass is 9.85. The number of para-hydroxylation sites is 1. The second-order valence-electron chi connectivity index (χ2n) is 8.66.